The van der Waals surface area contributed by atoms with Crippen LogP contribution in [0.3, 0.4) is 0 Å². The first-order chi connectivity index (χ1) is 10.9. The second-order valence-corrected chi connectivity index (χ2v) is 8.89. The average Bonchev–Trinajstić information content (AvgIpc) is 3.05. The topological polar surface area (TPSA) is 84.3 Å². The van der Waals surface area contributed by atoms with E-state index >= 15 is 0 Å². The van der Waals surface area contributed by atoms with Crippen molar-refractivity contribution in [1.82, 2.24) is 20.0 Å². The molecule has 1 N–H and O–H groups in total. The Morgan fingerprint density at radius 2 is 2.09 bits per heavy atom. The van der Waals surface area contributed by atoms with Crippen LogP contribution < -0.4 is 5.32 Å². The molecule has 128 valence electrons. The Balaban J connectivity index is 1.43. The van der Waals surface area contributed by atoms with E-state index in [0.717, 1.165) is 25.9 Å². The van der Waals surface area contributed by atoms with Crippen LogP contribution in [0.25, 0.3) is 0 Å². The van der Waals surface area contributed by atoms with Crippen LogP contribution in [0.2, 0.25) is 0 Å². The van der Waals surface area contributed by atoms with E-state index < -0.39 is 9.84 Å². The fourth-order valence-electron chi connectivity index (χ4n) is 3.46. The van der Waals surface area contributed by atoms with Gasteiger partial charge in [0.15, 0.2) is 9.84 Å². The molecule has 0 radical (unpaired) electrons. The molecule has 0 saturated carbocycles. The predicted octanol–water partition coefficient (Wildman–Crippen LogP) is -0.0972. The number of piperidine rings is 1. The molecule has 2 fully saturated rings. The summed E-state index contributed by atoms with van der Waals surface area (Å²) in [5, 5.41) is 7.07. The predicted molar refractivity (Wildman–Crippen MR) is 86.8 cm³/mol. The Morgan fingerprint density at radius 3 is 2.65 bits per heavy atom. The number of hydrogen-bond acceptors (Lipinski definition) is 5. The second kappa shape index (κ2) is 6.60. The highest BCUT2D eigenvalue weighted by molar-refractivity contribution is 7.91. The Hall–Kier alpha value is -1.41. The molecule has 1 aromatic rings. The third kappa shape index (κ3) is 4.32. The Labute approximate surface area is 137 Å². The van der Waals surface area contributed by atoms with Crippen molar-refractivity contribution < 1.29 is 13.2 Å². The van der Waals surface area contributed by atoms with Gasteiger partial charge in [-0.25, -0.2) is 8.42 Å². The molecule has 1 atom stereocenters. The summed E-state index contributed by atoms with van der Waals surface area (Å²) < 4.78 is 24.7. The van der Waals surface area contributed by atoms with Gasteiger partial charge >= 0.3 is 0 Å². The third-order valence-corrected chi connectivity index (χ3v) is 6.52. The van der Waals surface area contributed by atoms with Crippen LogP contribution >= 0.6 is 0 Å². The summed E-state index contributed by atoms with van der Waals surface area (Å²) in [5.74, 6) is 0.728. The van der Waals surface area contributed by atoms with E-state index in [4.69, 9.17) is 0 Å². The normalized spacial score (nSPS) is 25.5. The van der Waals surface area contributed by atoms with E-state index in [9.17, 15) is 13.2 Å². The van der Waals surface area contributed by atoms with Crippen LogP contribution in [0.1, 0.15) is 30.7 Å². The SMILES string of the molecule is Cn1cc(C2CCN(CC(=O)N[C@@H]3CCS(=O)(=O)C3)CC2)cn1. The molecule has 1 amide bonds. The lowest BCUT2D eigenvalue weighted by molar-refractivity contribution is -0.123. The van der Waals surface area contributed by atoms with Crippen LogP contribution in [-0.2, 0) is 21.7 Å². The molecule has 1 aromatic heterocycles. The number of aromatic nitrogens is 2. The van der Waals surface area contributed by atoms with Gasteiger partial charge in [-0.2, -0.15) is 5.10 Å². The number of amides is 1. The lowest BCUT2D eigenvalue weighted by atomic mass is 9.91. The fraction of sp³-hybridized carbons (Fsp3) is 0.733. The Morgan fingerprint density at radius 1 is 1.35 bits per heavy atom. The van der Waals surface area contributed by atoms with Gasteiger partial charge in [-0.3, -0.25) is 14.4 Å². The van der Waals surface area contributed by atoms with Crippen LogP contribution in [0.15, 0.2) is 12.4 Å². The average molecular weight is 340 g/mol. The molecule has 2 aliphatic rings. The molecule has 3 rings (SSSR count). The van der Waals surface area contributed by atoms with Crippen LogP contribution in [0.4, 0.5) is 0 Å². The number of sulfone groups is 1. The molecule has 2 saturated heterocycles. The first-order valence-electron chi connectivity index (χ1n) is 8.12. The van der Waals surface area contributed by atoms with Crippen molar-refractivity contribution in [2.24, 2.45) is 7.05 Å². The smallest absolute Gasteiger partial charge is 0.234 e. The van der Waals surface area contributed by atoms with Crippen LogP contribution in [0.5, 0.6) is 0 Å². The van der Waals surface area contributed by atoms with Crippen molar-refractivity contribution in [2.45, 2.75) is 31.2 Å². The summed E-state index contributed by atoms with van der Waals surface area (Å²) in [6, 6.07) is -0.208. The summed E-state index contributed by atoms with van der Waals surface area (Å²) >= 11 is 0. The first-order valence-corrected chi connectivity index (χ1v) is 9.94. The molecular weight excluding hydrogens is 316 g/mol. The quantitative estimate of drug-likeness (QED) is 0.828. The maximum absolute atomic E-state index is 12.1. The highest BCUT2D eigenvalue weighted by Gasteiger charge is 2.29. The zero-order chi connectivity index (χ0) is 16.4. The van der Waals surface area contributed by atoms with E-state index in [0.29, 0.717) is 18.9 Å². The lowest BCUT2D eigenvalue weighted by Gasteiger charge is -2.31. The third-order valence-electron chi connectivity index (χ3n) is 4.75. The molecule has 0 aromatic carbocycles. The van der Waals surface area contributed by atoms with Crippen molar-refractivity contribution >= 4 is 15.7 Å². The Bertz CT molecular complexity index is 662. The van der Waals surface area contributed by atoms with Gasteiger partial charge in [0.05, 0.1) is 24.2 Å². The van der Waals surface area contributed by atoms with Crippen molar-refractivity contribution in [1.29, 1.82) is 0 Å². The minimum atomic E-state index is -2.95. The molecule has 3 heterocycles. The van der Waals surface area contributed by atoms with E-state index in [1.54, 1.807) is 0 Å². The molecule has 8 heteroatoms. The zero-order valence-electron chi connectivity index (χ0n) is 13.4. The first kappa shape index (κ1) is 16.4. The standard InChI is InChI=1S/C15H24N4O3S/c1-18-9-13(8-16-18)12-2-5-19(6-3-12)10-15(20)17-14-4-7-23(21,22)11-14/h8-9,12,14H,2-7,10-11H2,1H3,(H,17,20)/t14-/m1/s1. The van der Waals surface area contributed by atoms with Gasteiger partial charge in [0.25, 0.3) is 0 Å². The highest BCUT2D eigenvalue weighted by Crippen LogP contribution is 2.27. The van der Waals surface area contributed by atoms with Gasteiger partial charge in [-0.05, 0) is 43.8 Å². The van der Waals surface area contributed by atoms with Gasteiger partial charge < -0.3 is 5.32 Å². The van der Waals surface area contributed by atoms with Gasteiger partial charge in [-0.1, -0.05) is 0 Å². The van der Waals surface area contributed by atoms with Crippen molar-refractivity contribution in [3.8, 4) is 0 Å². The number of likely N-dealkylation sites (tertiary alicyclic amines) is 1. The number of carbonyl (C=O) groups is 1. The van der Waals surface area contributed by atoms with Crippen molar-refractivity contribution in [2.75, 3.05) is 31.1 Å². The summed E-state index contributed by atoms with van der Waals surface area (Å²) in [6.07, 6.45) is 6.58. The lowest BCUT2D eigenvalue weighted by Crippen LogP contribution is -2.44. The van der Waals surface area contributed by atoms with E-state index in [2.05, 4.69) is 21.5 Å². The molecule has 7 nitrogen and oxygen atoms in total. The number of nitrogens with zero attached hydrogens (tertiary/aromatic N) is 3. The Kier molecular flexibility index (Phi) is 4.72. The van der Waals surface area contributed by atoms with Crippen LogP contribution in [-0.4, -0.2) is 66.2 Å². The number of nitrogens with one attached hydrogen (secondary N) is 1. The molecule has 23 heavy (non-hydrogen) atoms. The molecule has 0 aliphatic carbocycles. The molecule has 0 unspecified atom stereocenters. The number of aryl methyl sites for hydroxylation is 1. The minimum absolute atomic E-state index is 0.0630. The second-order valence-electron chi connectivity index (χ2n) is 6.67. The summed E-state index contributed by atoms with van der Waals surface area (Å²) in [5.41, 5.74) is 1.27. The maximum atomic E-state index is 12.1. The van der Waals surface area contributed by atoms with Gasteiger partial charge in [0, 0.05) is 19.3 Å². The highest BCUT2D eigenvalue weighted by atomic mass is 32.2. The molecular formula is C15H24N4O3S. The zero-order valence-corrected chi connectivity index (χ0v) is 14.3. The summed E-state index contributed by atoms with van der Waals surface area (Å²) in [6.45, 7) is 2.13. The number of carbonyl (C=O) groups excluding carboxylic acids is 1. The molecule has 2 aliphatic heterocycles. The molecule has 0 spiro atoms. The maximum Gasteiger partial charge on any atom is 0.234 e. The molecule has 0 bridgehead atoms. The van der Waals surface area contributed by atoms with Gasteiger partial charge in [0.1, 0.15) is 0 Å². The number of hydrogen-bond donors (Lipinski definition) is 1. The van der Waals surface area contributed by atoms with Crippen molar-refractivity contribution in [3.63, 3.8) is 0 Å². The van der Waals surface area contributed by atoms with E-state index in [1.807, 2.05) is 17.9 Å². The minimum Gasteiger partial charge on any atom is -0.351 e. The van der Waals surface area contributed by atoms with Crippen LogP contribution in [0, 0.1) is 0 Å². The largest absolute Gasteiger partial charge is 0.351 e. The summed E-state index contributed by atoms with van der Waals surface area (Å²) in [4.78, 5) is 14.2. The summed E-state index contributed by atoms with van der Waals surface area (Å²) in [7, 11) is -1.02. The van der Waals surface area contributed by atoms with Gasteiger partial charge in [-0.15, -0.1) is 0 Å². The monoisotopic (exact) mass is 340 g/mol. The van der Waals surface area contributed by atoms with Gasteiger partial charge in [0.2, 0.25) is 5.91 Å². The van der Waals surface area contributed by atoms with E-state index in [1.165, 1.54) is 5.56 Å². The number of rotatable bonds is 4. The van der Waals surface area contributed by atoms with E-state index in [-0.39, 0.29) is 23.5 Å². The van der Waals surface area contributed by atoms with Crippen molar-refractivity contribution in [3.05, 3.63) is 18.0 Å². The fourth-order valence-corrected chi connectivity index (χ4v) is 5.13.